The SMILES string of the molecule is CCCCCc1ccc(-c2cc3cn([C@H]4C[C@H](O)C(COC(=O)[C@@H](N)C(C)C)O4)c(=O)nc3o2)cc1. The van der Waals surface area contributed by atoms with E-state index in [4.69, 9.17) is 19.6 Å². The number of ether oxygens (including phenoxy) is 2. The molecule has 3 N–H and O–H groups in total. The van der Waals surface area contributed by atoms with Gasteiger partial charge in [0.15, 0.2) is 0 Å². The highest BCUT2D eigenvalue weighted by molar-refractivity contribution is 5.79. The van der Waals surface area contributed by atoms with Crippen LogP contribution in [-0.4, -0.2) is 45.5 Å². The minimum Gasteiger partial charge on any atom is -0.462 e. The molecule has 1 aliphatic rings. The molecular formula is C27H35N3O6. The van der Waals surface area contributed by atoms with Gasteiger partial charge >= 0.3 is 11.7 Å². The van der Waals surface area contributed by atoms with Gasteiger partial charge in [0.05, 0.1) is 11.5 Å². The number of carbonyl (C=O) groups excluding carboxylic acids is 1. The molecule has 0 radical (unpaired) electrons. The van der Waals surface area contributed by atoms with E-state index in [-0.39, 0.29) is 24.7 Å². The molecule has 3 aromatic rings. The molecule has 1 aromatic carbocycles. The molecule has 9 heteroatoms. The minimum atomic E-state index is -0.906. The van der Waals surface area contributed by atoms with Crippen LogP contribution in [0.5, 0.6) is 0 Å². The molecule has 4 rings (SSSR count). The molecule has 36 heavy (non-hydrogen) atoms. The van der Waals surface area contributed by atoms with Crippen molar-refractivity contribution in [2.24, 2.45) is 11.7 Å². The molecule has 4 atom stereocenters. The molecule has 1 saturated heterocycles. The molecule has 0 spiro atoms. The molecule has 3 heterocycles. The van der Waals surface area contributed by atoms with E-state index in [1.54, 1.807) is 6.20 Å². The predicted octanol–water partition coefficient (Wildman–Crippen LogP) is 3.56. The van der Waals surface area contributed by atoms with E-state index in [2.05, 4.69) is 24.0 Å². The Hall–Kier alpha value is -3.01. The van der Waals surface area contributed by atoms with E-state index >= 15 is 0 Å². The van der Waals surface area contributed by atoms with Gasteiger partial charge in [0.2, 0.25) is 5.71 Å². The molecule has 194 valence electrons. The van der Waals surface area contributed by atoms with Crippen LogP contribution in [0, 0.1) is 5.92 Å². The maximum absolute atomic E-state index is 12.7. The lowest BCUT2D eigenvalue weighted by Crippen LogP contribution is -2.39. The van der Waals surface area contributed by atoms with E-state index in [1.807, 2.05) is 32.0 Å². The highest BCUT2D eigenvalue weighted by Crippen LogP contribution is 2.31. The second kappa shape index (κ2) is 11.4. The van der Waals surface area contributed by atoms with Crippen LogP contribution in [0.3, 0.4) is 0 Å². The van der Waals surface area contributed by atoms with Crippen molar-refractivity contribution in [2.75, 3.05) is 6.61 Å². The monoisotopic (exact) mass is 497 g/mol. The number of unbranched alkanes of at least 4 members (excludes halogenated alkanes) is 2. The average molecular weight is 498 g/mol. The van der Waals surface area contributed by atoms with Gasteiger partial charge in [0.25, 0.3) is 0 Å². The zero-order valence-corrected chi connectivity index (χ0v) is 21.1. The summed E-state index contributed by atoms with van der Waals surface area (Å²) in [7, 11) is 0. The molecule has 1 aliphatic heterocycles. The molecule has 2 aromatic heterocycles. The summed E-state index contributed by atoms with van der Waals surface area (Å²) in [6.07, 6.45) is 4.00. The summed E-state index contributed by atoms with van der Waals surface area (Å²) in [5, 5.41) is 11.1. The third-order valence-electron chi connectivity index (χ3n) is 6.64. The number of aliphatic hydroxyl groups is 1. The Balaban J connectivity index is 1.46. The normalized spacial score (nSPS) is 20.8. The van der Waals surface area contributed by atoms with Crippen molar-refractivity contribution in [3.63, 3.8) is 0 Å². The number of aromatic nitrogens is 2. The number of hydrogen-bond donors (Lipinski definition) is 2. The number of aliphatic hydroxyl groups excluding tert-OH is 1. The third-order valence-corrected chi connectivity index (χ3v) is 6.64. The molecule has 9 nitrogen and oxygen atoms in total. The van der Waals surface area contributed by atoms with Gasteiger partial charge in [0, 0.05) is 18.2 Å². The Kier molecular flexibility index (Phi) is 8.23. The number of nitrogens with zero attached hydrogens (tertiary/aromatic N) is 2. The lowest BCUT2D eigenvalue weighted by atomic mass is 10.0. The van der Waals surface area contributed by atoms with Crippen molar-refractivity contribution in [2.45, 2.75) is 77.4 Å². The summed E-state index contributed by atoms with van der Waals surface area (Å²) in [6.45, 7) is 5.69. The van der Waals surface area contributed by atoms with E-state index in [0.29, 0.717) is 11.1 Å². The van der Waals surface area contributed by atoms with Gasteiger partial charge in [-0.1, -0.05) is 57.9 Å². The standard InChI is InChI=1S/C27H35N3O6/c1-4-5-6-7-17-8-10-18(11-9-17)21-12-19-14-30(27(33)29-25(19)36-21)23-13-20(31)22(35-23)15-34-26(32)24(28)16(2)3/h8-12,14,16,20,22-24,31H,4-7,13,15,28H2,1-3H3/t20-,22?,23+,24-/m0/s1. The van der Waals surface area contributed by atoms with Crippen molar-refractivity contribution in [1.82, 2.24) is 9.55 Å². The number of aryl methyl sites for hydroxylation is 1. The molecule has 0 bridgehead atoms. The maximum Gasteiger partial charge on any atom is 0.353 e. The molecular weight excluding hydrogens is 462 g/mol. The number of rotatable bonds is 10. The Morgan fingerprint density at radius 1 is 1.28 bits per heavy atom. The summed E-state index contributed by atoms with van der Waals surface area (Å²) >= 11 is 0. The Bertz CT molecular complexity index is 1230. The molecule has 1 fully saturated rings. The van der Waals surface area contributed by atoms with Crippen LogP contribution < -0.4 is 11.4 Å². The van der Waals surface area contributed by atoms with Gasteiger partial charge < -0.3 is 24.7 Å². The lowest BCUT2D eigenvalue weighted by Gasteiger charge is -2.18. The van der Waals surface area contributed by atoms with Crippen LogP contribution in [0.25, 0.3) is 22.4 Å². The Morgan fingerprint density at radius 2 is 2.03 bits per heavy atom. The third kappa shape index (κ3) is 5.86. The molecule has 1 unspecified atom stereocenters. The molecule has 0 amide bonds. The lowest BCUT2D eigenvalue weighted by molar-refractivity contribution is -0.152. The Morgan fingerprint density at radius 3 is 2.72 bits per heavy atom. The fourth-order valence-corrected chi connectivity index (χ4v) is 4.26. The smallest absolute Gasteiger partial charge is 0.353 e. The first-order chi connectivity index (χ1) is 17.3. The number of hydrogen-bond acceptors (Lipinski definition) is 8. The van der Waals surface area contributed by atoms with Crippen LogP contribution in [0.15, 0.2) is 45.7 Å². The quantitative estimate of drug-likeness (QED) is 0.321. The van der Waals surface area contributed by atoms with Crippen LogP contribution in [0.2, 0.25) is 0 Å². The number of esters is 1. The van der Waals surface area contributed by atoms with Gasteiger partial charge in [-0.05, 0) is 30.4 Å². The van der Waals surface area contributed by atoms with Gasteiger partial charge in [-0.3, -0.25) is 9.36 Å². The zero-order valence-electron chi connectivity index (χ0n) is 21.1. The average Bonchev–Trinajstić information content (AvgIpc) is 3.44. The van der Waals surface area contributed by atoms with Crippen molar-refractivity contribution in [3.05, 3.63) is 52.6 Å². The fraction of sp³-hybridized carbons (Fsp3) is 0.519. The van der Waals surface area contributed by atoms with E-state index < -0.39 is 36.1 Å². The second-order valence-electron chi connectivity index (χ2n) is 9.79. The predicted molar refractivity (Wildman–Crippen MR) is 135 cm³/mol. The van der Waals surface area contributed by atoms with Gasteiger partial charge in [-0.15, -0.1) is 0 Å². The van der Waals surface area contributed by atoms with Gasteiger partial charge in [0.1, 0.15) is 30.7 Å². The summed E-state index contributed by atoms with van der Waals surface area (Å²) in [6, 6.07) is 9.31. The number of nitrogens with two attached hydrogens (primary N) is 1. The van der Waals surface area contributed by atoms with Crippen molar-refractivity contribution in [1.29, 1.82) is 0 Å². The number of carbonyl (C=O) groups is 1. The zero-order chi connectivity index (χ0) is 25.8. The maximum atomic E-state index is 12.7. The molecule has 0 aliphatic carbocycles. The van der Waals surface area contributed by atoms with E-state index in [1.165, 1.54) is 29.4 Å². The number of fused-ring (bicyclic) bond motifs is 1. The first-order valence-corrected chi connectivity index (χ1v) is 12.6. The number of furan rings is 1. The van der Waals surface area contributed by atoms with Gasteiger partial charge in [-0.25, -0.2) is 4.79 Å². The largest absolute Gasteiger partial charge is 0.462 e. The van der Waals surface area contributed by atoms with Crippen LogP contribution in [-0.2, 0) is 20.7 Å². The van der Waals surface area contributed by atoms with Gasteiger partial charge in [-0.2, -0.15) is 4.98 Å². The molecule has 0 saturated carbocycles. The minimum absolute atomic E-state index is 0.0698. The van der Waals surface area contributed by atoms with Crippen LogP contribution in [0.1, 0.15) is 58.2 Å². The summed E-state index contributed by atoms with van der Waals surface area (Å²) in [5.74, 6) is -0.00235. The van der Waals surface area contributed by atoms with E-state index in [0.717, 1.165) is 12.0 Å². The number of benzene rings is 1. The second-order valence-corrected chi connectivity index (χ2v) is 9.79. The van der Waals surface area contributed by atoms with Crippen molar-refractivity contribution in [3.8, 4) is 11.3 Å². The van der Waals surface area contributed by atoms with Crippen LogP contribution in [0.4, 0.5) is 0 Å². The topological polar surface area (TPSA) is 130 Å². The summed E-state index contributed by atoms with van der Waals surface area (Å²) < 4.78 is 18.3. The summed E-state index contributed by atoms with van der Waals surface area (Å²) in [5.41, 5.74) is 7.68. The highest BCUT2D eigenvalue weighted by atomic mass is 16.6. The first kappa shape index (κ1) is 26.1. The van der Waals surface area contributed by atoms with Crippen molar-refractivity contribution < 1.29 is 23.8 Å². The fourth-order valence-electron chi connectivity index (χ4n) is 4.26. The Labute approximate surface area is 210 Å². The van der Waals surface area contributed by atoms with E-state index in [9.17, 15) is 14.7 Å². The van der Waals surface area contributed by atoms with Crippen LogP contribution >= 0.6 is 0 Å². The highest BCUT2D eigenvalue weighted by Gasteiger charge is 2.37. The first-order valence-electron chi connectivity index (χ1n) is 12.6. The summed E-state index contributed by atoms with van der Waals surface area (Å²) in [4.78, 5) is 28.8. The van der Waals surface area contributed by atoms with Crippen molar-refractivity contribution >= 4 is 17.1 Å².